The van der Waals surface area contributed by atoms with Gasteiger partial charge in [0.25, 0.3) is 0 Å². The average molecular weight is 531 g/mol. The van der Waals surface area contributed by atoms with Gasteiger partial charge in [0.05, 0.1) is 0 Å². The fourth-order valence-corrected chi connectivity index (χ4v) is 4.94. The van der Waals surface area contributed by atoms with Crippen LogP contribution < -0.4 is 9.47 Å². The molecule has 3 aromatic carbocycles. The van der Waals surface area contributed by atoms with Crippen LogP contribution in [0.2, 0.25) is 10.0 Å². The molecular weight excluding hydrogens is 511 g/mol. The van der Waals surface area contributed by atoms with Crippen LogP contribution in [0.4, 0.5) is 4.79 Å². The third-order valence-electron chi connectivity index (χ3n) is 6.32. The standard InChI is InChI=1S/C28H20Cl2N4O3/c29-18-3-8-21(9-4-18)37-28(35)34-14-12-22-23-15-19(30)5-10-24(23)33-26(22)27(34)17-1-6-20(7-2-17)36-25-11-13-31-16-32-25/h1-11,13,15-16,27,33H,12,14H2. The molecule has 1 N–H and O–H groups in total. The second-order valence-electron chi connectivity index (χ2n) is 8.59. The van der Waals surface area contributed by atoms with E-state index in [1.165, 1.54) is 6.33 Å². The van der Waals surface area contributed by atoms with Crippen LogP contribution in [0.15, 0.2) is 85.3 Å². The van der Waals surface area contributed by atoms with Crippen LogP contribution in [0.3, 0.4) is 0 Å². The van der Waals surface area contributed by atoms with Gasteiger partial charge in [-0.2, -0.15) is 0 Å². The monoisotopic (exact) mass is 530 g/mol. The van der Waals surface area contributed by atoms with E-state index in [-0.39, 0.29) is 0 Å². The molecule has 1 unspecified atom stereocenters. The molecule has 0 saturated carbocycles. The minimum Gasteiger partial charge on any atom is -0.439 e. The molecule has 6 rings (SSSR count). The second kappa shape index (κ2) is 9.76. The number of halogens is 2. The van der Waals surface area contributed by atoms with Crippen molar-refractivity contribution in [2.24, 2.45) is 0 Å². The second-order valence-corrected chi connectivity index (χ2v) is 9.47. The van der Waals surface area contributed by atoms with Crippen molar-refractivity contribution in [1.29, 1.82) is 0 Å². The zero-order valence-corrected chi connectivity index (χ0v) is 20.9. The molecule has 1 aliphatic heterocycles. The van der Waals surface area contributed by atoms with Crippen molar-refractivity contribution in [3.8, 4) is 17.4 Å². The summed E-state index contributed by atoms with van der Waals surface area (Å²) in [5, 5.41) is 2.30. The molecular formula is C28H20Cl2N4O3. The van der Waals surface area contributed by atoms with Crippen molar-refractivity contribution in [2.45, 2.75) is 12.5 Å². The number of aromatic nitrogens is 3. The van der Waals surface area contributed by atoms with Gasteiger partial charge in [-0.3, -0.25) is 4.90 Å². The summed E-state index contributed by atoms with van der Waals surface area (Å²) in [4.78, 5) is 26.7. The molecule has 1 aliphatic rings. The van der Waals surface area contributed by atoms with Gasteiger partial charge in [0, 0.05) is 45.5 Å². The van der Waals surface area contributed by atoms with Crippen molar-refractivity contribution in [1.82, 2.24) is 19.9 Å². The lowest BCUT2D eigenvalue weighted by molar-refractivity contribution is 0.135. The summed E-state index contributed by atoms with van der Waals surface area (Å²) >= 11 is 12.3. The van der Waals surface area contributed by atoms with Gasteiger partial charge in [-0.05, 0) is 72.1 Å². The van der Waals surface area contributed by atoms with Crippen LogP contribution in [-0.2, 0) is 6.42 Å². The Hall–Kier alpha value is -4.07. The highest BCUT2D eigenvalue weighted by Gasteiger charge is 2.35. The Morgan fingerprint density at radius 2 is 1.70 bits per heavy atom. The van der Waals surface area contributed by atoms with E-state index in [0.717, 1.165) is 27.7 Å². The number of nitrogens with zero attached hydrogens (tertiary/aromatic N) is 3. The molecule has 184 valence electrons. The van der Waals surface area contributed by atoms with E-state index >= 15 is 0 Å². The molecule has 2 aromatic heterocycles. The number of rotatable bonds is 4. The number of H-pyrrole nitrogens is 1. The van der Waals surface area contributed by atoms with Crippen LogP contribution in [0.1, 0.15) is 22.9 Å². The van der Waals surface area contributed by atoms with Crippen LogP contribution in [-0.4, -0.2) is 32.5 Å². The van der Waals surface area contributed by atoms with E-state index in [1.807, 2.05) is 42.5 Å². The molecule has 1 atom stereocenters. The largest absolute Gasteiger partial charge is 0.439 e. The molecule has 7 nitrogen and oxygen atoms in total. The molecule has 37 heavy (non-hydrogen) atoms. The number of hydrogen-bond acceptors (Lipinski definition) is 5. The van der Waals surface area contributed by atoms with Crippen molar-refractivity contribution in [2.75, 3.05) is 6.54 Å². The third-order valence-corrected chi connectivity index (χ3v) is 6.80. The van der Waals surface area contributed by atoms with Gasteiger partial charge < -0.3 is 14.5 Å². The Bertz CT molecular complexity index is 1570. The summed E-state index contributed by atoms with van der Waals surface area (Å²) in [6.07, 6.45) is 3.26. The van der Waals surface area contributed by atoms with E-state index in [1.54, 1.807) is 41.4 Å². The summed E-state index contributed by atoms with van der Waals surface area (Å²) in [6, 6.07) is 21.4. The summed E-state index contributed by atoms with van der Waals surface area (Å²) < 4.78 is 11.6. The highest BCUT2D eigenvalue weighted by molar-refractivity contribution is 6.31. The maximum Gasteiger partial charge on any atom is 0.416 e. The highest BCUT2D eigenvalue weighted by atomic mass is 35.5. The number of fused-ring (bicyclic) bond motifs is 3. The smallest absolute Gasteiger partial charge is 0.416 e. The van der Waals surface area contributed by atoms with Crippen LogP contribution in [0.5, 0.6) is 17.4 Å². The Labute approximate surface area is 222 Å². The summed E-state index contributed by atoms with van der Waals surface area (Å²) in [7, 11) is 0. The van der Waals surface area contributed by atoms with Gasteiger partial charge in [-0.15, -0.1) is 0 Å². The number of carbonyl (C=O) groups excluding carboxylic acids is 1. The number of nitrogens with one attached hydrogen (secondary N) is 1. The van der Waals surface area contributed by atoms with Crippen molar-refractivity contribution >= 4 is 40.2 Å². The van der Waals surface area contributed by atoms with Crippen molar-refractivity contribution in [3.05, 3.63) is 112 Å². The van der Waals surface area contributed by atoms with Crippen LogP contribution >= 0.6 is 23.2 Å². The molecule has 0 saturated heterocycles. The van der Waals surface area contributed by atoms with Gasteiger partial charge in [0.2, 0.25) is 5.88 Å². The Morgan fingerprint density at radius 3 is 2.46 bits per heavy atom. The number of ether oxygens (including phenoxy) is 2. The summed E-state index contributed by atoms with van der Waals surface area (Å²) in [6.45, 7) is 0.475. The molecule has 0 fully saturated rings. The van der Waals surface area contributed by atoms with Crippen LogP contribution in [0, 0.1) is 0 Å². The van der Waals surface area contributed by atoms with E-state index in [4.69, 9.17) is 32.7 Å². The Morgan fingerprint density at radius 1 is 0.946 bits per heavy atom. The first-order valence-corrected chi connectivity index (χ1v) is 12.4. The van der Waals surface area contributed by atoms with E-state index in [2.05, 4.69) is 15.0 Å². The van der Waals surface area contributed by atoms with Crippen molar-refractivity contribution in [3.63, 3.8) is 0 Å². The Kier molecular flexibility index (Phi) is 6.16. The third kappa shape index (κ3) is 4.71. The van der Waals surface area contributed by atoms with E-state index in [0.29, 0.717) is 40.4 Å². The van der Waals surface area contributed by atoms with Crippen LogP contribution in [0.25, 0.3) is 10.9 Å². The summed E-state index contributed by atoms with van der Waals surface area (Å²) in [5.41, 5.74) is 3.94. The predicted molar refractivity (Wildman–Crippen MR) is 142 cm³/mol. The number of hydrogen-bond donors (Lipinski definition) is 1. The number of carbonyl (C=O) groups is 1. The topological polar surface area (TPSA) is 80.3 Å². The molecule has 0 radical (unpaired) electrons. The lowest BCUT2D eigenvalue weighted by atomic mass is 9.92. The number of aromatic amines is 1. The molecule has 9 heteroatoms. The maximum atomic E-state index is 13.4. The minimum absolute atomic E-state index is 0.400. The van der Waals surface area contributed by atoms with E-state index in [9.17, 15) is 4.79 Å². The first kappa shape index (κ1) is 23.3. The normalized spacial score (nSPS) is 14.9. The quantitative estimate of drug-likeness (QED) is 0.265. The lowest BCUT2D eigenvalue weighted by Crippen LogP contribution is -2.42. The highest BCUT2D eigenvalue weighted by Crippen LogP contribution is 2.40. The van der Waals surface area contributed by atoms with Gasteiger partial charge in [0.15, 0.2) is 0 Å². The van der Waals surface area contributed by atoms with Crippen molar-refractivity contribution < 1.29 is 14.3 Å². The zero-order chi connectivity index (χ0) is 25.4. The zero-order valence-electron chi connectivity index (χ0n) is 19.4. The van der Waals surface area contributed by atoms with Gasteiger partial charge in [0.1, 0.15) is 23.9 Å². The molecule has 5 aromatic rings. The van der Waals surface area contributed by atoms with Gasteiger partial charge >= 0.3 is 6.09 Å². The Balaban J connectivity index is 1.37. The van der Waals surface area contributed by atoms with Gasteiger partial charge in [-0.25, -0.2) is 14.8 Å². The fourth-order valence-electron chi connectivity index (χ4n) is 4.64. The fraction of sp³-hybridized carbons (Fsp3) is 0.107. The number of benzene rings is 3. The molecule has 0 spiro atoms. The average Bonchev–Trinajstić information content (AvgIpc) is 3.28. The SMILES string of the molecule is O=C(Oc1ccc(Cl)cc1)N1CCc2c([nH]c3ccc(Cl)cc23)C1c1ccc(Oc2ccncn2)cc1. The van der Waals surface area contributed by atoms with E-state index < -0.39 is 12.1 Å². The molecule has 3 heterocycles. The number of amides is 1. The molecule has 0 bridgehead atoms. The van der Waals surface area contributed by atoms with Gasteiger partial charge in [-0.1, -0.05) is 35.3 Å². The molecule has 0 aliphatic carbocycles. The molecule has 1 amide bonds. The lowest BCUT2D eigenvalue weighted by Gasteiger charge is -2.35. The first-order valence-electron chi connectivity index (χ1n) is 11.6. The first-order chi connectivity index (χ1) is 18.0. The summed E-state index contributed by atoms with van der Waals surface area (Å²) in [5.74, 6) is 1.50. The maximum absolute atomic E-state index is 13.4. The minimum atomic E-state index is -0.448. The predicted octanol–water partition coefficient (Wildman–Crippen LogP) is 7.20.